The summed E-state index contributed by atoms with van der Waals surface area (Å²) in [5.41, 5.74) is 0. The standard InChI is InChI=1S/Cl2O2S.ClHO3S/c2*1-5(2,3)4/h;(H,2,3,4). The maximum Gasteiger partial charge on any atom is 0.353 e. The minimum atomic E-state index is -4.19. The van der Waals surface area contributed by atoms with E-state index in [0.717, 1.165) is 0 Å². The van der Waals surface area contributed by atoms with Crippen LogP contribution in [0.1, 0.15) is 0 Å². The molecule has 0 aliphatic carbocycles. The van der Waals surface area contributed by atoms with Gasteiger partial charge >= 0.3 is 17.6 Å². The fourth-order valence-electron chi connectivity index (χ4n) is 0. The van der Waals surface area contributed by atoms with Gasteiger partial charge in [-0.2, -0.15) is 16.8 Å². The molecule has 0 aromatic rings. The van der Waals surface area contributed by atoms with Crippen LogP contribution in [0.4, 0.5) is 0 Å². The van der Waals surface area contributed by atoms with Gasteiger partial charge in [-0.15, -0.1) is 0 Å². The van der Waals surface area contributed by atoms with Crippen LogP contribution in [0.25, 0.3) is 0 Å². The molecule has 0 bridgehead atoms. The molecule has 0 radical (unpaired) electrons. The zero-order chi connectivity index (χ0) is 9.00. The highest BCUT2D eigenvalue weighted by Gasteiger charge is 1.88. The van der Waals surface area contributed by atoms with Crippen LogP contribution in [0.5, 0.6) is 0 Å². The fraction of sp³-hybridized carbons (Fsp3) is 0. The molecule has 0 saturated carbocycles. The van der Waals surface area contributed by atoms with Gasteiger partial charge in [0.05, 0.1) is 0 Å². The Hall–Kier alpha value is 0.730. The van der Waals surface area contributed by atoms with Gasteiger partial charge in [-0.3, -0.25) is 4.55 Å². The van der Waals surface area contributed by atoms with E-state index in [1.165, 1.54) is 0 Å². The van der Waals surface area contributed by atoms with Crippen LogP contribution in [0, 0.1) is 0 Å². The molecule has 0 atom stereocenters. The van der Waals surface area contributed by atoms with Crippen molar-refractivity contribution in [1.82, 2.24) is 0 Å². The first-order valence-corrected chi connectivity index (χ1v) is 6.71. The molecule has 5 nitrogen and oxygen atoms in total. The summed E-state index contributed by atoms with van der Waals surface area (Å²) in [6.07, 6.45) is 0. The molecule has 0 saturated heterocycles. The molecule has 1 N–H and O–H groups in total. The molecule has 10 heavy (non-hydrogen) atoms. The SMILES string of the molecule is O=S(=O)(Cl)Cl.O=S(=O)(O)Cl. The van der Waals surface area contributed by atoms with Crippen molar-refractivity contribution >= 4 is 49.6 Å². The Bertz CT molecular complexity index is 211. The van der Waals surface area contributed by atoms with Gasteiger partial charge in [0.1, 0.15) is 0 Å². The molecular formula is HCl3O5S2. The molecule has 64 valence electrons. The molecule has 0 fully saturated rings. The smallest absolute Gasteiger partial charge is 0.273 e. The highest BCUT2D eigenvalue weighted by Crippen LogP contribution is 1.98. The Morgan fingerprint density at radius 3 is 0.900 bits per heavy atom. The fourth-order valence-corrected chi connectivity index (χ4v) is 0. The van der Waals surface area contributed by atoms with E-state index in [0.29, 0.717) is 0 Å². The third-order valence-electron chi connectivity index (χ3n) is 0. The zero-order valence-corrected chi connectivity index (χ0v) is 7.93. The lowest BCUT2D eigenvalue weighted by Crippen LogP contribution is -1.77. The minimum Gasteiger partial charge on any atom is -0.273 e. The van der Waals surface area contributed by atoms with Crippen LogP contribution < -0.4 is 0 Å². The van der Waals surface area contributed by atoms with E-state index in [4.69, 9.17) is 21.4 Å². The van der Waals surface area contributed by atoms with Crippen LogP contribution in [-0.2, 0) is 17.6 Å². The van der Waals surface area contributed by atoms with Gasteiger partial charge in [-0.05, 0) is 0 Å². The van der Waals surface area contributed by atoms with Crippen molar-refractivity contribution in [2.45, 2.75) is 0 Å². The minimum absolute atomic E-state index is 3.72. The third-order valence-corrected chi connectivity index (χ3v) is 0. The summed E-state index contributed by atoms with van der Waals surface area (Å²) in [6, 6.07) is 0. The number of halogens is 3. The van der Waals surface area contributed by atoms with E-state index in [1.54, 1.807) is 0 Å². The summed E-state index contributed by atoms with van der Waals surface area (Å²) >= 11 is 0. The van der Waals surface area contributed by atoms with Crippen molar-refractivity contribution in [3.05, 3.63) is 0 Å². The average Bonchev–Trinajstić information content (AvgIpc) is 1.12. The zero-order valence-electron chi connectivity index (χ0n) is 4.03. The van der Waals surface area contributed by atoms with Gasteiger partial charge < -0.3 is 0 Å². The predicted molar refractivity (Wildman–Crippen MR) is 38.0 cm³/mol. The Kier molecular flexibility index (Phi) is 6.10. The van der Waals surface area contributed by atoms with Gasteiger partial charge in [0.15, 0.2) is 0 Å². The second-order valence-corrected chi connectivity index (χ2v) is 6.45. The molecule has 0 rings (SSSR count). The summed E-state index contributed by atoms with van der Waals surface area (Å²) in [4.78, 5) is 0. The molecule has 10 heteroatoms. The Morgan fingerprint density at radius 1 is 0.900 bits per heavy atom. The molecule has 0 aliphatic heterocycles. The van der Waals surface area contributed by atoms with E-state index in [9.17, 15) is 0 Å². The van der Waals surface area contributed by atoms with Crippen molar-refractivity contribution in [1.29, 1.82) is 0 Å². The summed E-state index contributed by atoms with van der Waals surface area (Å²) in [7, 11) is 4.68. The lowest BCUT2D eigenvalue weighted by atomic mass is 15.9. The lowest BCUT2D eigenvalue weighted by molar-refractivity contribution is 0.501. The van der Waals surface area contributed by atoms with Crippen LogP contribution in [0.3, 0.4) is 0 Å². The average molecular weight is 251 g/mol. The van der Waals surface area contributed by atoms with Crippen molar-refractivity contribution in [2.24, 2.45) is 0 Å². The number of rotatable bonds is 0. The molecule has 0 aromatic heterocycles. The first-order valence-electron chi connectivity index (χ1n) is 1.31. The summed E-state index contributed by atoms with van der Waals surface area (Å²) in [5, 5.41) is 0. The van der Waals surface area contributed by atoms with Crippen LogP contribution in [-0.4, -0.2) is 21.4 Å². The van der Waals surface area contributed by atoms with E-state index in [1.807, 2.05) is 0 Å². The molecule has 0 aliphatic rings. The summed E-state index contributed by atoms with van der Waals surface area (Å²) in [6.45, 7) is 0. The third kappa shape index (κ3) is 979. The Balaban J connectivity index is 0. The number of hydrogen-bond acceptors (Lipinski definition) is 4. The monoisotopic (exact) mass is 250 g/mol. The molecular weight excluding hydrogens is 250 g/mol. The lowest BCUT2D eigenvalue weighted by Gasteiger charge is -1.65. The molecule has 0 amide bonds. The summed E-state index contributed by atoms with van der Waals surface area (Å²) < 4.78 is 43.5. The first kappa shape index (κ1) is 13.3. The summed E-state index contributed by atoms with van der Waals surface area (Å²) in [5.74, 6) is 0. The Labute approximate surface area is 71.1 Å². The highest BCUT2D eigenvalue weighted by molar-refractivity contribution is 8.31. The molecule has 0 unspecified atom stereocenters. The van der Waals surface area contributed by atoms with Crippen molar-refractivity contribution in [2.75, 3.05) is 0 Å². The van der Waals surface area contributed by atoms with Crippen molar-refractivity contribution < 1.29 is 21.4 Å². The Morgan fingerprint density at radius 2 is 0.900 bits per heavy atom. The van der Waals surface area contributed by atoms with Crippen LogP contribution in [0.2, 0.25) is 0 Å². The van der Waals surface area contributed by atoms with Gasteiger partial charge in [-0.25, -0.2) is 0 Å². The van der Waals surface area contributed by atoms with E-state index < -0.39 is 17.6 Å². The van der Waals surface area contributed by atoms with Crippen LogP contribution in [0.15, 0.2) is 0 Å². The van der Waals surface area contributed by atoms with Crippen molar-refractivity contribution in [3.8, 4) is 0 Å². The van der Waals surface area contributed by atoms with Gasteiger partial charge in [0.25, 0.3) is 0 Å². The number of hydrogen-bond donors (Lipinski definition) is 1. The van der Waals surface area contributed by atoms with Gasteiger partial charge in [0.2, 0.25) is 0 Å². The topological polar surface area (TPSA) is 88.5 Å². The quantitative estimate of drug-likeness (QED) is 0.506. The largest absolute Gasteiger partial charge is 0.353 e. The van der Waals surface area contributed by atoms with E-state index in [2.05, 4.69) is 32.0 Å². The van der Waals surface area contributed by atoms with E-state index in [-0.39, 0.29) is 0 Å². The van der Waals surface area contributed by atoms with Gasteiger partial charge in [0, 0.05) is 32.0 Å². The van der Waals surface area contributed by atoms with E-state index >= 15 is 0 Å². The normalized spacial score (nSPS) is 11.6. The second kappa shape index (κ2) is 4.58. The first-order chi connectivity index (χ1) is 4.00. The maximum atomic E-state index is 9.16. The van der Waals surface area contributed by atoms with Crippen molar-refractivity contribution in [3.63, 3.8) is 0 Å². The maximum absolute atomic E-state index is 9.16. The highest BCUT2D eigenvalue weighted by atomic mass is 36.0. The molecule has 0 spiro atoms. The predicted octanol–water partition coefficient (Wildman–Crippen LogP) is 0.737. The second-order valence-electron chi connectivity index (χ2n) is 0.790. The van der Waals surface area contributed by atoms with Crippen LogP contribution >= 0.6 is 32.0 Å². The van der Waals surface area contributed by atoms with Gasteiger partial charge in [-0.1, -0.05) is 0 Å². The molecule has 0 heterocycles. The molecule has 0 aromatic carbocycles.